The summed E-state index contributed by atoms with van der Waals surface area (Å²) in [6.45, 7) is 6.29. The van der Waals surface area contributed by atoms with Crippen LogP contribution in [0.25, 0.3) is 0 Å². The average Bonchev–Trinajstić information content (AvgIpc) is 2.46. The predicted octanol–water partition coefficient (Wildman–Crippen LogP) is 2.79. The zero-order valence-corrected chi connectivity index (χ0v) is 9.74. The van der Waals surface area contributed by atoms with Crippen molar-refractivity contribution in [1.82, 2.24) is 0 Å². The van der Waals surface area contributed by atoms with Gasteiger partial charge in [0.05, 0.1) is 13.2 Å². The Balaban J connectivity index is 2.65. The minimum atomic E-state index is -0.343. The summed E-state index contributed by atoms with van der Waals surface area (Å²) in [6, 6.07) is 4.01. The normalized spacial score (nSPS) is 29.0. The van der Waals surface area contributed by atoms with Crippen molar-refractivity contribution in [2.24, 2.45) is 5.92 Å². The van der Waals surface area contributed by atoms with Crippen LogP contribution in [0.15, 0.2) is 12.1 Å². The largest absolute Gasteiger partial charge is 0.496 e. The Morgan fingerprint density at radius 2 is 1.87 bits per heavy atom. The second-order valence-electron chi connectivity index (χ2n) is 4.50. The van der Waals surface area contributed by atoms with Gasteiger partial charge in [-0.1, -0.05) is 19.9 Å². The molecule has 2 heteroatoms. The van der Waals surface area contributed by atoms with Crippen molar-refractivity contribution in [2.75, 3.05) is 7.11 Å². The predicted molar refractivity (Wildman–Crippen MR) is 60.3 cm³/mol. The molecule has 0 amide bonds. The fourth-order valence-electron chi connectivity index (χ4n) is 2.56. The topological polar surface area (TPSA) is 29.5 Å². The highest BCUT2D eigenvalue weighted by atomic mass is 16.5. The Morgan fingerprint density at radius 1 is 1.20 bits per heavy atom. The Morgan fingerprint density at radius 3 is 2.47 bits per heavy atom. The molecular formula is C13H18O2. The highest BCUT2D eigenvalue weighted by molar-refractivity contribution is 5.51. The number of aliphatic hydroxyl groups is 1. The zero-order valence-electron chi connectivity index (χ0n) is 9.74. The van der Waals surface area contributed by atoms with Crippen LogP contribution in [0.3, 0.4) is 0 Å². The van der Waals surface area contributed by atoms with Gasteiger partial charge in [-0.15, -0.1) is 0 Å². The van der Waals surface area contributed by atoms with Crippen molar-refractivity contribution >= 4 is 0 Å². The summed E-state index contributed by atoms with van der Waals surface area (Å²) >= 11 is 0. The molecular weight excluding hydrogens is 188 g/mol. The standard InChI is InChI=1S/C13H18O2/c1-7-5-6-10(15-4)12-8(2)9(3)13(14)11(7)12/h5-6,8-9,13-14H,1-4H3. The third kappa shape index (κ3) is 1.36. The maximum atomic E-state index is 10.2. The molecule has 1 aliphatic carbocycles. The summed E-state index contributed by atoms with van der Waals surface area (Å²) in [6.07, 6.45) is -0.343. The van der Waals surface area contributed by atoms with Crippen LogP contribution in [0.2, 0.25) is 0 Å². The quantitative estimate of drug-likeness (QED) is 0.765. The zero-order chi connectivity index (χ0) is 11.2. The van der Waals surface area contributed by atoms with Crippen molar-refractivity contribution in [1.29, 1.82) is 0 Å². The monoisotopic (exact) mass is 206 g/mol. The molecule has 0 saturated carbocycles. The number of ether oxygens (including phenoxy) is 1. The maximum absolute atomic E-state index is 10.2. The molecule has 0 heterocycles. The van der Waals surface area contributed by atoms with E-state index in [1.165, 1.54) is 5.56 Å². The average molecular weight is 206 g/mol. The van der Waals surface area contributed by atoms with Crippen LogP contribution >= 0.6 is 0 Å². The third-order valence-corrected chi connectivity index (χ3v) is 3.72. The summed E-state index contributed by atoms with van der Waals surface area (Å²) < 4.78 is 5.37. The van der Waals surface area contributed by atoms with E-state index in [4.69, 9.17) is 4.74 Å². The van der Waals surface area contributed by atoms with Crippen LogP contribution in [-0.4, -0.2) is 12.2 Å². The minimum absolute atomic E-state index is 0.273. The number of fused-ring (bicyclic) bond motifs is 1. The van der Waals surface area contributed by atoms with Crippen LogP contribution in [0.1, 0.15) is 42.6 Å². The first kappa shape index (κ1) is 10.5. The van der Waals surface area contributed by atoms with Gasteiger partial charge in [-0.05, 0) is 36.0 Å². The smallest absolute Gasteiger partial charge is 0.122 e. The number of aliphatic hydroxyl groups excluding tert-OH is 1. The number of rotatable bonds is 1. The molecule has 1 N–H and O–H groups in total. The van der Waals surface area contributed by atoms with Crippen LogP contribution in [0.5, 0.6) is 5.75 Å². The Kier molecular flexibility index (Phi) is 2.47. The molecule has 0 saturated heterocycles. The Hall–Kier alpha value is -1.02. The second-order valence-corrected chi connectivity index (χ2v) is 4.50. The van der Waals surface area contributed by atoms with E-state index >= 15 is 0 Å². The van der Waals surface area contributed by atoms with Gasteiger partial charge in [0.2, 0.25) is 0 Å². The van der Waals surface area contributed by atoms with Crippen LogP contribution in [0, 0.1) is 12.8 Å². The van der Waals surface area contributed by atoms with Gasteiger partial charge in [-0.2, -0.15) is 0 Å². The van der Waals surface area contributed by atoms with Crippen molar-refractivity contribution in [3.05, 3.63) is 28.8 Å². The lowest BCUT2D eigenvalue weighted by Crippen LogP contribution is -2.05. The van der Waals surface area contributed by atoms with Crippen LogP contribution in [0.4, 0.5) is 0 Å². The summed E-state index contributed by atoms with van der Waals surface area (Å²) in [7, 11) is 1.69. The Bertz CT molecular complexity index is 384. The molecule has 1 aromatic rings. The van der Waals surface area contributed by atoms with Crippen LogP contribution < -0.4 is 4.74 Å². The molecule has 0 spiro atoms. The number of hydrogen-bond acceptors (Lipinski definition) is 2. The van der Waals surface area contributed by atoms with E-state index in [2.05, 4.69) is 13.8 Å². The van der Waals surface area contributed by atoms with Crippen LogP contribution in [-0.2, 0) is 0 Å². The molecule has 2 nitrogen and oxygen atoms in total. The van der Waals surface area contributed by atoms with Crippen molar-refractivity contribution in [3.8, 4) is 5.75 Å². The molecule has 15 heavy (non-hydrogen) atoms. The van der Waals surface area contributed by atoms with Gasteiger partial charge in [-0.25, -0.2) is 0 Å². The first-order valence-corrected chi connectivity index (χ1v) is 5.43. The first-order valence-electron chi connectivity index (χ1n) is 5.43. The fourth-order valence-corrected chi connectivity index (χ4v) is 2.56. The lowest BCUT2D eigenvalue weighted by atomic mass is 9.95. The number of benzene rings is 1. The van der Waals surface area contributed by atoms with E-state index in [1.54, 1.807) is 7.11 Å². The van der Waals surface area contributed by atoms with Gasteiger partial charge in [-0.3, -0.25) is 0 Å². The van der Waals surface area contributed by atoms with Gasteiger partial charge in [0, 0.05) is 5.56 Å². The molecule has 1 aliphatic rings. The summed E-state index contributed by atoms with van der Waals surface area (Å²) in [5.41, 5.74) is 3.43. The molecule has 0 radical (unpaired) electrons. The van der Waals surface area contributed by atoms with E-state index in [-0.39, 0.29) is 12.0 Å². The van der Waals surface area contributed by atoms with Gasteiger partial charge < -0.3 is 9.84 Å². The van der Waals surface area contributed by atoms with Gasteiger partial charge in [0.25, 0.3) is 0 Å². The third-order valence-electron chi connectivity index (χ3n) is 3.72. The van der Waals surface area contributed by atoms with Gasteiger partial charge in [0.15, 0.2) is 0 Å². The molecule has 1 aromatic carbocycles. The van der Waals surface area contributed by atoms with E-state index in [0.717, 1.165) is 16.9 Å². The van der Waals surface area contributed by atoms with Gasteiger partial charge >= 0.3 is 0 Å². The van der Waals surface area contributed by atoms with E-state index in [9.17, 15) is 5.11 Å². The van der Waals surface area contributed by atoms with E-state index in [0.29, 0.717) is 5.92 Å². The fraction of sp³-hybridized carbons (Fsp3) is 0.538. The molecule has 0 bridgehead atoms. The maximum Gasteiger partial charge on any atom is 0.122 e. The molecule has 2 rings (SSSR count). The SMILES string of the molecule is COc1ccc(C)c2c1C(C)C(C)C2O. The van der Waals surface area contributed by atoms with Gasteiger partial charge in [0.1, 0.15) is 5.75 Å². The molecule has 82 valence electrons. The second kappa shape index (κ2) is 3.53. The highest BCUT2D eigenvalue weighted by Gasteiger charge is 2.37. The first-order chi connectivity index (χ1) is 7.07. The Labute approximate surface area is 90.9 Å². The number of aryl methyl sites for hydroxylation is 1. The molecule has 3 atom stereocenters. The van der Waals surface area contributed by atoms with E-state index in [1.807, 2.05) is 19.1 Å². The highest BCUT2D eigenvalue weighted by Crippen LogP contribution is 2.49. The van der Waals surface area contributed by atoms with Crippen molar-refractivity contribution in [2.45, 2.75) is 32.8 Å². The molecule has 0 fully saturated rings. The summed E-state index contributed by atoms with van der Waals surface area (Å²) in [5.74, 6) is 1.55. The summed E-state index contributed by atoms with van der Waals surface area (Å²) in [5, 5.41) is 10.2. The van der Waals surface area contributed by atoms with E-state index < -0.39 is 0 Å². The summed E-state index contributed by atoms with van der Waals surface area (Å²) in [4.78, 5) is 0. The lowest BCUT2D eigenvalue weighted by molar-refractivity contribution is 0.123. The van der Waals surface area contributed by atoms with Crippen molar-refractivity contribution in [3.63, 3.8) is 0 Å². The molecule has 0 aliphatic heterocycles. The minimum Gasteiger partial charge on any atom is -0.496 e. The molecule has 0 aromatic heterocycles. The number of methoxy groups -OCH3 is 1. The van der Waals surface area contributed by atoms with Crippen molar-refractivity contribution < 1.29 is 9.84 Å². The molecule has 3 unspecified atom stereocenters. The lowest BCUT2D eigenvalue weighted by Gasteiger charge is -2.13. The number of hydrogen-bond donors (Lipinski definition) is 1.